The van der Waals surface area contributed by atoms with Crippen molar-refractivity contribution in [1.29, 1.82) is 5.53 Å². The zero-order valence-electron chi connectivity index (χ0n) is 15.7. The van der Waals surface area contributed by atoms with E-state index in [9.17, 15) is 10.2 Å². The van der Waals surface area contributed by atoms with Crippen LogP contribution in [0.1, 0.15) is 42.5 Å². The van der Waals surface area contributed by atoms with Crippen molar-refractivity contribution in [2.24, 2.45) is 5.11 Å². The summed E-state index contributed by atoms with van der Waals surface area (Å²) in [5, 5.41) is 24.0. The van der Waals surface area contributed by atoms with Gasteiger partial charge in [-0.3, -0.25) is 0 Å². The SMILES string of the molecule is CC(C)c1cc(C(Cc2ccc(N3CCOCC3)nc2)N=N)c(O)cc1O. The first-order valence-electron chi connectivity index (χ1n) is 9.19. The molecule has 0 amide bonds. The highest BCUT2D eigenvalue weighted by Gasteiger charge is 2.20. The van der Waals surface area contributed by atoms with E-state index in [4.69, 9.17) is 10.3 Å². The smallest absolute Gasteiger partial charge is 0.128 e. The lowest BCUT2D eigenvalue weighted by atomic mass is 9.93. The van der Waals surface area contributed by atoms with Crippen LogP contribution in [0.3, 0.4) is 0 Å². The topological polar surface area (TPSA) is 102 Å². The first kappa shape index (κ1) is 19.1. The van der Waals surface area contributed by atoms with Crippen LogP contribution in [0.15, 0.2) is 35.6 Å². The predicted molar refractivity (Wildman–Crippen MR) is 103 cm³/mol. The van der Waals surface area contributed by atoms with E-state index in [-0.39, 0.29) is 17.4 Å². The van der Waals surface area contributed by atoms with Gasteiger partial charge in [0.1, 0.15) is 23.4 Å². The molecule has 1 aromatic heterocycles. The Morgan fingerprint density at radius 3 is 2.44 bits per heavy atom. The lowest BCUT2D eigenvalue weighted by Crippen LogP contribution is -2.36. The highest BCUT2D eigenvalue weighted by Crippen LogP contribution is 2.37. The Kier molecular flexibility index (Phi) is 5.91. The second-order valence-electron chi connectivity index (χ2n) is 7.10. The van der Waals surface area contributed by atoms with Crippen molar-refractivity contribution in [3.8, 4) is 11.5 Å². The third kappa shape index (κ3) is 4.36. The van der Waals surface area contributed by atoms with E-state index in [2.05, 4.69) is 15.0 Å². The van der Waals surface area contributed by atoms with Gasteiger partial charge in [-0.1, -0.05) is 19.9 Å². The minimum Gasteiger partial charge on any atom is -0.508 e. The van der Waals surface area contributed by atoms with Crippen molar-refractivity contribution in [2.75, 3.05) is 31.2 Å². The zero-order valence-corrected chi connectivity index (χ0v) is 15.7. The molecule has 1 saturated heterocycles. The molecule has 2 heterocycles. The first-order chi connectivity index (χ1) is 13.0. The first-order valence-corrected chi connectivity index (χ1v) is 9.19. The molecule has 1 unspecified atom stereocenters. The van der Waals surface area contributed by atoms with Crippen LogP contribution in [0.25, 0.3) is 0 Å². The van der Waals surface area contributed by atoms with Crippen molar-refractivity contribution < 1.29 is 14.9 Å². The fourth-order valence-electron chi connectivity index (χ4n) is 3.31. The molecule has 3 rings (SSSR count). The van der Waals surface area contributed by atoms with Crippen LogP contribution in [-0.4, -0.2) is 41.5 Å². The Labute approximate surface area is 159 Å². The standard InChI is InChI=1S/C20H26N4O3/c1-13(2)15-10-16(19(26)11-18(15)25)17(23-21)9-14-3-4-20(22-12-14)24-5-7-27-8-6-24/h3-4,10-13,17,21,25-26H,5-9H2,1-2H3. The Hall–Kier alpha value is -2.67. The zero-order chi connectivity index (χ0) is 19.4. The van der Waals surface area contributed by atoms with E-state index in [1.165, 1.54) is 6.07 Å². The third-order valence-electron chi connectivity index (χ3n) is 4.89. The molecule has 1 aliphatic heterocycles. The second-order valence-corrected chi connectivity index (χ2v) is 7.10. The van der Waals surface area contributed by atoms with Gasteiger partial charge in [-0.2, -0.15) is 5.11 Å². The number of hydrogen-bond donors (Lipinski definition) is 3. The fraction of sp³-hybridized carbons (Fsp3) is 0.450. The van der Waals surface area contributed by atoms with Gasteiger partial charge in [0.05, 0.1) is 13.2 Å². The van der Waals surface area contributed by atoms with Crippen LogP contribution >= 0.6 is 0 Å². The molecule has 3 N–H and O–H groups in total. The summed E-state index contributed by atoms with van der Waals surface area (Å²) in [6.07, 6.45) is 2.25. The minimum atomic E-state index is -0.529. The number of benzene rings is 1. The second kappa shape index (κ2) is 8.35. The summed E-state index contributed by atoms with van der Waals surface area (Å²) in [6, 6.07) is 6.50. The molecule has 7 nitrogen and oxygen atoms in total. The highest BCUT2D eigenvalue weighted by atomic mass is 16.5. The summed E-state index contributed by atoms with van der Waals surface area (Å²) in [5.41, 5.74) is 9.80. The molecule has 144 valence electrons. The van der Waals surface area contributed by atoms with Gasteiger partial charge in [-0.05, 0) is 29.2 Å². The molecule has 0 bridgehead atoms. The largest absolute Gasteiger partial charge is 0.508 e. The van der Waals surface area contributed by atoms with Crippen LogP contribution in [0.4, 0.5) is 5.82 Å². The number of ether oxygens (including phenoxy) is 1. The van der Waals surface area contributed by atoms with Gasteiger partial charge < -0.3 is 19.8 Å². The highest BCUT2D eigenvalue weighted by molar-refractivity contribution is 5.48. The van der Waals surface area contributed by atoms with Gasteiger partial charge >= 0.3 is 0 Å². The van der Waals surface area contributed by atoms with E-state index >= 15 is 0 Å². The molecule has 7 heteroatoms. The van der Waals surface area contributed by atoms with Gasteiger partial charge in [-0.25, -0.2) is 10.5 Å². The number of phenolic OH excluding ortho intramolecular Hbond substituents is 2. The maximum atomic E-state index is 10.3. The number of aromatic nitrogens is 1. The summed E-state index contributed by atoms with van der Waals surface area (Å²) < 4.78 is 5.36. The summed E-state index contributed by atoms with van der Waals surface area (Å²) in [6.45, 7) is 7.02. The molecular formula is C20H26N4O3. The number of nitrogens with one attached hydrogen (secondary N) is 1. The van der Waals surface area contributed by atoms with Crippen molar-refractivity contribution in [2.45, 2.75) is 32.2 Å². The summed E-state index contributed by atoms with van der Waals surface area (Å²) in [4.78, 5) is 6.71. The van der Waals surface area contributed by atoms with E-state index in [1.54, 1.807) is 12.3 Å². The summed E-state index contributed by atoms with van der Waals surface area (Å²) in [5.74, 6) is 1.03. The predicted octanol–water partition coefficient (Wildman–Crippen LogP) is 3.77. The van der Waals surface area contributed by atoms with E-state index < -0.39 is 6.04 Å². The van der Waals surface area contributed by atoms with E-state index in [0.717, 1.165) is 30.0 Å². The number of pyridine rings is 1. The Balaban J connectivity index is 1.79. The summed E-state index contributed by atoms with van der Waals surface area (Å²) >= 11 is 0. The van der Waals surface area contributed by atoms with Gasteiger partial charge in [0.25, 0.3) is 0 Å². The van der Waals surface area contributed by atoms with Gasteiger partial charge in [0.2, 0.25) is 0 Å². The molecular weight excluding hydrogens is 344 g/mol. The maximum Gasteiger partial charge on any atom is 0.128 e. The molecule has 0 radical (unpaired) electrons. The van der Waals surface area contributed by atoms with Crippen molar-refractivity contribution in [3.63, 3.8) is 0 Å². The Morgan fingerprint density at radius 2 is 1.85 bits per heavy atom. The lowest BCUT2D eigenvalue weighted by molar-refractivity contribution is 0.122. The van der Waals surface area contributed by atoms with E-state index in [1.807, 2.05) is 26.0 Å². The van der Waals surface area contributed by atoms with Crippen molar-refractivity contribution in [1.82, 2.24) is 4.98 Å². The third-order valence-corrected chi connectivity index (χ3v) is 4.89. The lowest BCUT2D eigenvalue weighted by Gasteiger charge is -2.27. The molecule has 0 aliphatic carbocycles. The van der Waals surface area contributed by atoms with Gasteiger partial charge in [-0.15, -0.1) is 0 Å². The van der Waals surface area contributed by atoms with Crippen molar-refractivity contribution in [3.05, 3.63) is 47.2 Å². The number of hydrogen-bond acceptors (Lipinski definition) is 7. The van der Waals surface area contributed by atoms with Crippen molar-refractivity contribution >= 4 is 5.82 Å². The van der Waals surface area contributed by atoms with Crippen LogP contribution < -0.4 is 4.90 Å². The Bertz CT molecular complexity index is 787. The molecule has 2 aromatic rings. The van der Waals surface area contributed by atoms with Crippen LogP contribution in [0, 0.1) is 5.53 Å². The molecule has 27 heavy (non-hydrogen) atoms. The quantitative estimate of drug-likeness (QED) is 0.672. The van der Waals surface area contributed by atoms with Gasteiger partial charge in [0, 0.05) is 37.3 Å². The fourth-order valence-corrected chi connectivity index (χ4v) is 3.31. The van der Waals surface area contributed by atoms with Crippen LogP contribution in [0.2, 0.25) is 0 Å². The normalized spacial score (nSPS) is 15.7. The number of phenols is 2. The average molecular weight is 370 g/mol. The Morgan fingerprint density at radius 1 is 1.15 bits per heavy atom. The summed E-state index contributed by atoms with van der Waals surface area (Å²) in [7, 11) is 0. The minimum absolute atomic E-state index is 0.0456. The number of rotatable bonds is 6. The number of anilines is 1. The molecule has 1 fully saturated rings. The number of nitrogens with zero attached hydrogens (tertiary/aromatic N) is 3. The van der Waals surface area contributed by atoms with E-state index in [0.29, 0.717) is 25.2 Å². The number of aromatic hydroxyl groups is 2. The van der Waals surface area contributed by atoms with Crippen LogP contribution in [-0.2, 0) is 11.2 Å². The average Bonchev–Trinajstić information content (AvgIpc) is 2.67. The van der Waals surface area contributed by atoms with Gasteiger partial charge in [0.15, 0.2) is 0 Å². The molecule has 1 aliphatic rings. The molecule has 0 saturated carbocycles. The molecule has 1 aromatic carbocycles. The van der Waals surface area contributed by atoms with Crippen LogP contribution in [0.5, 0.6) is 11.5 Å². The monoisotopic (exact) mass is 370 g/mol. The molecule has 0 spiro atoms. The maximum absolute atomic E-state index is 10.3. The molecule has 1 atom stereocenters. The number of morpholine rings is 1.